The van der Waals surface area contributed by atoms with Gasteiger partial charge < -0.3 is 20.3 Å². The van der Waals surface area contributed by atoms with E-state index >= 15 is 0 Å². The normalized spacial score (nSPS) is 17.6. The van der Waals surface area contributed by atoms with Crippen LogP contribution in [0.5, 0.6) is 5.75 Å². The van der Waals surface area contributed by atoms with Gasteiger partial charge in [-0.05, 0) is 65.0 Å². The molecule has 1 aliphatic heterocycles. The highest BCUT2D eigenvalue weighted by atomic mass is 32.1. The topological polar surface area (TPSA) is 86.8 Å². The van der Waals surface area contributed by atoms with Gasteiger partial charge in [-0.25, -0.2) is 4.98 Å². The Hall–Kier alpha value is -2.49. The average Bonchev–Trinajstić information content (AvgIpc) is 3.10. The number of carbonyl (C=O) groups is 2. The van der Waals surface area contributed by atoms with E-state index in [4.69, 9.17) is 4.74 Å². The highest BCUT2D eigenvalue weighted by Crippen LogP contribution is 2.23. The molecule has 33 heavy (non-hydrogen) atoms. The van der Waals surface area contributed by atoms with Crippen LogP contribution in [0, 0.1) is 19.8 Å². The number of carbonyl (C=O) groups excluding carboxylic acids is 2. The quantitative estimate of drug-likeness (QED) is 0.582. The number of methoxy groups -OCH3 is 1. The van der Waals surface area contributed by atoms with Crippen molar-refractivity contribution in [3.8, 4) is 5.75 Å². The van der Waals surface area contributed by atoms with Gasteiger partial charge >= 0.3 is 0 Å². The third-order valence-electron chi connectivity index (χ3n) is 6.11. The van der Waals surface area contributed by atoms with Crippen LogP contribution in [0.3, 0.4) is 0 Å². The molecule has 2 aromatic rings. The monoisotopic (exact) mass is 473 g/mol. The zero-order valence-electron chi connectivity index (χ0n) is 20.2. The molecule has 2 atom stereocenters. The van der Waals surface area contributed by atoms with Crippen LogP contribution >= 0.6 is 11.3 Å². The molecule has 9 heteroatoms. The van der Waals surface area contributed by atoms with E-state index in [1.807, 2.05) is 52.2 Å². The lowest BCUT2D eigenvalue weighted by Gasteiger charge is -2.32. The Labute approximate surface area is 200 Å². The highest BCUT2D eigenvalue weighted by Gasteiger charge is 2.28. The van der Waals surface area contributed by atoms with Crippen molar-refractivity contribution in [3.63, 3.8) is 0 Å². The van der Waals surface area contributed by atoms with Gasteiger partial charge in [-0.3, -0.25) is 14.5 Å². The first-order chi connectivity index (χ1) is 15.8. The molecule has 2 heterocycles. The predicted octanol–water partition coefficient (Wildman–Crippen LogP) is 2.84. The maximum absolute atomic E-state index is 12.9. The van der Waals surface area contributed by atoms with Crippen molar-refractivity contribution in [2.45, 2.75) is 32.7 Å². The molecule has 0 radical (unpaired) electrons. The van der Waals surface area contributed by atoms with Crippen LogP contribution in [0.25, 0.3) is 0 Å². The number of amides is 2. The van der Waals surface area contributed by atoms with Gasteiger partial charge in [0.05, 0.1) is 31.3 Å². The highest BCUT2D eigenvalue weighted by molar-refractivity contribution is 7.15. The van der Waals surface area contributed by atoms with Crippen molar-refractivity contribution in [1.29, 1.82) is 0 Å². The number of ether oxygens (including phenoxy) is 1. The molecule has 2 N–H and O–H groups in total. The summed E-state index contributed by atoms with van der Waals surface area (Å²) >= 11 is 1.49. The van der Waals surface area contributed by atoms with E-state index in [1.165, 1.54) is 11.3 Å². The lowest BCUT2D eigenvalue weighted by Crippen LogP contribution is -2.46. The number of anilines is 1. The summed E-state index contributed by atoms with van der Waals surface area (Å²) < 4.78 is 5.24. The Morgan fingerprint density at radius 2 is 2.00 bits per heavy atom. The summed E-state index contributed by atoms with van der Waals surface area (Å²) in [6.45, 7) is 6.13. The van der Waals surface area contributed by atoms with E-state index in [0.29, 0.717) is 18.2 Å². The first-order valence-electron chi connectivity index (χ1n) is 11.3. The van der Waals surface area contributed by atoms with E-state index in [9.17, 15) is 9.59 Å². The first-order valence-corrected chi connectivity index (χ1v) is 12.1. The minimum atomic E-state index is -0.116. The first kappa shape index (κ1) is 25.1. The second kappa shape index (κ2) is 11.6. The Morgan fingerprint density at radius 1 is 1.27 bits per heavy atom. The minimum Gasteiger partial charge on any atom is -0.497 e. The fourth-order valence-electron chi connectivity index (χ4n) is 4.07. The van der Waals surface area contributed by atoms with E-state index in [1.54, 1.807) is 7.11 Å². The van der Waals surface area contributed by atoms with Crippen LogP contribution in [0.1, 0.15) is 35.0 Å². The summed E-state index contributed by atoms with van der Waals surface area (Å²) in [5, 5.41) is 6.66. The number of likely N-dealkylation sites (tertiary alicyclic amines) is 1. The lowest BCUT2D eigenvalue weighted by molar-refractivity contribution is -0.128. The number of likely N-dealkylation sites (N-methyl/N-ethyl adjacent to an activating group) is 1. The third kappa shape index (κ3) is 6.99. The number of thiazole rings is 1. The van der Waals surface area contributed by atoms with Crippen molar-refractivity contribution < 1.29 is 14.3 Å². The van der Waals surface area contributed by atoms with E-state index in [2.05, 4.69) is 25.4 Å². The molecule has 2 amide bonds. The fraction of sp³-hybridized carbons (Fsp3) is 0.542. The average molecular weight is 474 g/mol. The SMILES string of the molecule is COc1ccc(C(CNC(=O)C2CCCN(CC(=O)Nc3nc(C)c(C)s3)C2)N(C)C)cc1. The largest absolute Gasteiger partial charge is 0.497 e. The number of benzene rings is 1. The zero-order valence-corrected chi connectivity index (χ0v) is 21.0. The molecule has 0 aliphatic carbocycles. The molecule has 3 rings (SSSR count). The summed E-state index contributed by atoms with van der Waals surface area (Å²) in [5.41, 5.74) is 2.06. The number of aromatic nitrogens is 1. The van der Waals surface area contributed by atoms with E-state index in [0.717, 1.165) is 41.3 Å². The maximum Gasteiger partial charge on any atom is 0.240 e. The fourth-order valence-corrected chi connectivity index (χ4v) is 4.90. The van der Waals surface area contributed by atoms with Crippen LogP contribution in [0.2, 0.25) is 0 Å². The van der Waals surface area contributed by atoms with E-state index < -0.39 is 0 Å². The number of hydrogen-bond donors (Lipinski definition) is 2. The molecule has 1 aromatic heterocycles. The second-order valence-electron chi connectivity index (χ2n) is 8.78. The van der Waals surface area contributed by atoms with Crippen molar-refractivity contribution in [1.82, 2.24) is 20.1 Å². The number of hydrogen-bond acceptors (Lipinski definition) is 7. The summed E-state index contributed by atoms with van der Waals surface area (Å²) in [7, 11) is 5.66. The van der Waals surface area contributed by atoms with Crippen LogP contribution in [0.4, 0.5) is 5.13 Å². The molecule has 0 bridgehead atoms. The molecule has 1 aliphatic rings. The Morgan fingerprint density at radius 3 is 2.61 bits per heavy atom. The molecule has 1 fully saturated rings. The molecular weight excluding hydrogens is 438 g/mol. The van der Waals surface area contributed by atoms with Gasteiger partial charge in [0.2, 0.25) is 11.8 Å². The van der Waals surface area contributed by atoms with Gasteiger partial charge in [0, 0.05) is 18.0 Å². The molecule has 1 aromatic carbocycles. The molecule has 8 nitrogen and oxygen atoms in total. The number of nitrogens with zero attached hydrogens (tertiary/aromatic N) is 3. The molecular formula is C24H35N5O3S. The van der Waals surface area contributed by atoms with Crippen LogP contribution in [0.15, 0.2) is 24.3 Å². The van der Waals surface area contributed by atoms with Gasteiger partial charge in [0.1, 0.15) is 5.75 Å². The lowest BCUT2D eigenvalue weighted by atomic mass is 9.96. The number of nitrogens with one attached hydrogen (secondary N) is 2. The summed E-state index contributed by atoms with van der Waals surface area (Å²) in [6.07, 6.45) is 1.74. The van der Waals surface area contributed by atoms with Gasteiger partial charge in [0.25, 0.3) is 0 Å². The van der Waals surface area contributed by atoms with Crippen LogP contribution < -0.4 is 15.4 Å². The Balaban J connectivity index is 1.51. The molecule has 1 saturated heterocycles. The van der Waals surface area contributed by atoms with Crippen LogP contribution in [-0.2, 0) is 9.59 Å². The van der Waals surface area contributed by atoms with Crippen molar-refractivity contribution >= 4 is 28.3 Å². The van der Waals surface area contributed by atoms with Gasteiger partial charge in [-0.15, -0.1) is 11.3 Å². The number of aryl methyl sites for hydroxylation is 2. The Bertz CT molecular complexity index is 925. The van der Waals surface area contributed by atoms with Crippen LogP contribution in [-0.4, -0.2) is 74.0 Å². The predicted molar refractivity (Wildman–Crippen MR) is 132 cm³/mol. The summed E-state index contributed by atoms with van der Waals surface area (Å²) in [6, 6.07) is 8.00. The van der Waals surface area contributed by atoms with Crippen molar-refractivity contribution in [3.05, 3.63) is 40.4 Å². The Kier molecular flexibility index (Phi) is 8.82. The molecule has 180 valence electrons. The molecule has 2 unspecified atom stereocenters. The van der Waals surface area contributed by atoms with Gasteiger partial charge in [0.15, 0.2) is 5.13 Å². The second-order valence-corrected chi connectivity index (χ2v) is 9.98. The molecule has 0 saturated carbocycles. The standard InChI is InChI=1S/C24H35N5O3S/c1-16-17(2)33-24(26-16)27-22(30)15-29-12-6-7-19(14-29)23(31)25-13-21(28(3)4)18-8-10-20(32-5)11-9-18/h8-11,19,21H,6-7,12-15H2,1-5H3,(H,25,31)(H,26,27,30). The smallest absolute Gasteiger partial charge is 0.240 e. The zero-order chi connectivity index (χ0) is 24.0. The number of piperidine rings is 1. The molecule has 0 spiro atoms. The van der Waals surface area contributed by atoms with Crippen molar-refractivity contribution in [2.75, 3.05) is 52.7 Å². The van der Waals surface area contributed by atoms with Gasteiger partial charge in [-0.2, -0.15) is 0 Å². The maximum atomic E-state index is 12.9. The van der Waals surface area contributed by atoms with Crippen molar-refractivity contribution in [2.24, 2.45) is 5.92 Å². The summed E-state index contributed by atoms with van der Waals surface area (Å²) in [5.74, 6) is 0.657. The van der Waals surface area contributed by atoms with Gasteiger partial charge in [-0.1, -0.05) is 12.1 Å². The van der Waals surface area contributed by atoms with E-state index in [-0.39, 0.29) is 30.3 Å². The third-order valence-corrected chi connectivity index (χ3v) is 7.10. The summed E-state index contributed by atoms with van der Waals surface area (Å²) in [4.78, 5) is 35.0. The number of rotatable bonds is 9. The minimum absolute atomic E-state index is 0.0478.